The molecule has 1 fully saturated rings. The Morgan fingerprint density at radius 1 is 1.33 bits per heavy atom. The summed E-state index contributed by atoms with van der Waals surface area (Å²) in [4.78, 5) is 11.8. The van der Waals surface area contributed by atoms with Crippen LogP contribution in [-0.2, 0) is 11.2 Å². The molecular formula is C19H26O2. The van der Waals surface area contributed by atoms with Gasteiger partial charge in [-0.05, 0) is 67.1 Å². The lowest BCUT2D eigenvalue weighted by Crippen LogP contribution is -2.44. The van der Waals surface area contributed by atoms with Crippen molar-refractivity contribution in [2.24, 2.45) is 11.3 Å². The zero-order valence-electron chi connectivity index (χ0n) is 13.4. The topological polar surface area (TPSA) is 37.3 Å². The van der Waals surface area contributed by atoms with Gasteiger partial charge in [0.2, 0.25) is 0 Å². The number of hydrogen-bond acceptors (Lipinski definition) is 1. The maximum Gasteiger partial charge on any atom is 0.309 e. The molecule has 1 N–H and O–H groups in total. The fourth-order valence-electron chi connectivity index (χ4n) is 4.55. The normalized spacial score (nSPS) is 31.6. The summed E-state index contributed by atoms with van der Waals surface area (Å²) in [6.45, 7) is 6.44. The minimum Gasteiger partial charge on any atom is -0.481 e. The van der Waals surface area contributed by atoms with Gasteiger partial charge >= 0.3 is 5.97 Å². The number of carbonyl (C=O) groups is 1. The van der Waals surface area contributed by atoms with Crippen LogP contribution < -0.4 is 0 Å². The second kappa shape index (κ2) is 5.15. The fourth-order valence-corrected chi connectivity index (χ4v) is 4.55. The van der Waals surface area contributed by atoms with Crippen LogP contribution >= 0.6 is 0 Å². The molecule has 0 heterocycles. The number of aliphatic carboxylic acids is 1. The molecule has 0 saturated heterocycles. The average molecular weight is 286 g/mol. The predicted octanol–water partition coefficient (Wildman–Crippen LogP) is 4.73. The van der Waals surface area contributed by atoms with Crippen LogP contribution in [0, 0.1) is 11.3 Å². The van der Waals surface area contributed by atoms with E-state index in [4.69, 9.17) is 0 Å². The SMILES string of the molecule is CC(C)c1ccc2c(c1)CCC1C2CCCC1(C)C(=O)O. The molecule has 3 unspecified atom stereocenters. The Hall–Kier alpha value is -1.31. The first-order chi connectivity index (χ1) is 9.93. The number of aryl methyl sites for hydroxylation is 1. The Kier molecular flexibility index (Phi) is 3.59. The standard InChI is InChI=1S/C19H26O2/c1-12(2)13-6-8-15-14(11-13)7-9-17-16(15)5-4-10-19(17,3)18(20)21/h6,8,11-12,16-17H,4-5,7,9-10H2,1-3H3,(H,20,21). The largest absolute Gasteiger partial charge is 0.481 e. The Balaban J connectivity index is 1.98. The monoisotopic (exact) mass is 286 g/mol. The van der Waals surface area contributed by atoms with Crippen molar-refractivity contribution in [2.45, 2.75) is 64.7 Å². The molecule has 0 aromatic heterocycles. The van der Waals surface area contributed by atoms with Crippen LogP contribution in [-0.4, -0.2) is 11.1 Å². The molecule has 1 aromatic carbocycles. The van der Waals surface area contributed by atoms with Gasteiger partial charge in [-0.25, -0.2) is 0 Å². The number of carboxylic acids is 1. The van der Waals surface area contributed by atoms with Crippen molar-refractivity contribution in [2.75, 3.05) is 0 Å². The molecule has 1 saturated carbocycles. The fraction of sp³-hybridized carbons (Fsp3) is 0.632. The molecule has 21 heavy (non-hydrogen) atoms. The minimum atomic E-state index is -0.598. The average Bonchev–Trinajstić information content (AvgIpc) is 2.46. The molecule has 0 radical (unpaired) electrons. The molecule has 0 aliphatic heterocycles. The Bertz CT molecular complexity index is 561. The summed E-state index contributed by atoms with van der Waals surface area (Å²) in [7, 11) is 0. The summed E-state index contributed by atoms with van der Waals surface area (Å²) < 4.78 is 0. The Morgan fingerprint density at radius 2 is 2.10 bits per heavy atom. The Morgan fingerprint density at radius 3 is 2.76 bits per heavy atom. The number of fused-ring (bicyclic) bond motifs is 3. The van der Waals surface area contributed by atoms with Crippen LogP contribution in [0.15, 0.2) is 18.2 Å². The molecule has 0 spiro atoms. The summed E-state index contributed by atoms with van der Waals surface area (Å²) in [5.74, 6) is 0.717. The van der Waals surface area contributed by atoms with Crippen molar-refractivity contribution < 1.29 is 9.90 Å². The third-order valence-corrected chi connectivity index (χ3v) is 5.96. The van der Waals surface area contributed by atoms with Crippen LogP contribution in [0.1, 0.15) is 75.0 Å². The molecule has 1 aromatic rings. The minimum absolute atomic E-state index is 0.307. The van der Waals surface area contributed by atoms with Gasteiger partial charge in [-0.2, -0.15) is 0 Å². The highest BCUT2D eigenvalue weighted by molar-refractivity contribution is 5.75. The highest BCUT2D eigenvalue weighted by Gasteiger charge is 2.49. The van der Waals surface area contributed by atoms with Crippen molar-refractivity contribution in [1.82, 2.24) is 0 Å². The van der Waals surface area contributed by atoms with E-state index in [1.165, 1.54) is 16.7 Å². The number of benzene rings is 1. The van der Waals surface area contributed by atoms with E-state index in [0.29, 0.717) is 17.8 Å². The van der Waals surface area contributed by atoms with Gasteiger partial charge < -0.3 is 5.11 Å². The van der Waals surface area contributed by atoms with Gasteiger partial charge in [0.05, 0.1) is 5.41 Å². The maximum absolute atomic E-state index is 11.8. The molecular weight excluding hydrogens is 260 g/mol. The molecule has 2 nitrogen and oxygen atoms in total. The number of rotatable bonds is 2. The highest BCUT2D eigenvalue weighted by atomic mass is 16.4. The lowest BCUT2D eigenvalue weighted by atomic mass is 9.56. The first-order valence-electron chi connectivity index (χ1n) is 8.29. The van der Waals surface area contributed by atoms with Gasteiger partial charge in [0.15, 0.2) is 0 Å². The van der Waals surface area contributed by atoms with E-state index < -0.39 is 11.4 Å². The zero-order valence-corrected chi connectivity index (χ0v) is 13.4. The zero-order chi connectivity index (χ0) is 15.2. The molecule has 2 heteroatoms. The van der Waals surface area contributed by atoms with E-state index >= 15 is 0 Å². The quantitative estimate of drug-likeness (QED) is 0.853. The van der Waals surface area contributed by atoms with Crippen LogP contribution in [0.4, 0.5) is 0 Å². The van der Waals surface area contributed by atoms with Gasteiger partial charge in [0.1, 0.15) is 0 Å². The van der Waals surface area contributed by atoms with E-state index in [9.17, 15) is 9.90 Å². The highest BCUT2D eigenvalue weighted by Crippen LogP contribution is 2.53. The van der Waals surface area contributed by atoms with Gasteiger partial charge in [0.25, 0.3) is 0 Å². The molecule has 0 bridgehead atoms. The molecule has 0 amide bonds. The lowest BCUT2D eigenvalue weighted by Gasteiger charge is -2.46. The van der Waals surface area contributed by atoms with Crippen molar-refractivity contribution in [3.05, 3.63) is 34.9 Å². The second-order valence-corrected chi connectivity index (χ2v) is 7.48. The summed E-state index contributed by atoms with van der Waals surface area (Å²) in [6, 6.07) is 6.90. The third kappa shape index (κ3) is 2.29. The van der Waals surface area contributed by atoms with Crippen LogP contribution in [0.2, 0.25) is 0 Å². The molecule has 3 atom stereocenters. The van der Waals surface area contributed by atoms with Crippen LogP contribution in [0.5, 0.6) is 0 Å². The first-order valence-corrected chi connectivity index (χ1v) is 8.29. The first kappa shape index (κ1) is 14.6. The lowest BCUT2D eigenvalue weighted by molar-refractivity contribution is -0.154. The van der Waals surface area contributed by atoms with Crippen LogP contribution in [0.25, 0.3) is 0 Å². The maximum atomic E-state index is 11.8. The van der Waals surface area contributed by atoms with E-state index in [0.717, 1.165) is 32.1 Å². The second-order valence-electron chi connectivity index (χ2n) is 7.48. The van der Waals surface area contributed by atoms with Crippen LogP contribution in [0.3, 0.4) is 0 Å². The third-order valence-electron chi connectivity index (χ3n) is 5.96. The van der Waals surface area contributed by atoms with E-state index in [2.05, 4.69) is 32.0 Å². The smallest absolute Gasteiger partial charge is 0.309 e. The van der Waals surface area contributed by atoms with E-state index in [1.807, 2.05) is 6.92 Å². The Labute approximate surface area is 127 Å². The summed E-state index contributed by atoms with van der Waals surface area (Å²) >= 11 is 0. The summed E-state index contributed by atoms with van der Waals surface area (Å²) in [5, 5.41) is 9.70. The predicted molar refractivity (Wildman–Crippen MR) is 84.7 cm³/mol. The molecule has 2 aliphatic rings. The summed E-state index contributed by atoms with van der Waals surface area (Å²) in [5.41, 5.74) is 3.78. The van der Waals surface area contributed by atoms with Crippen molar-refractivity contribution >= 4 is 5.97 Å². The summed E-state index contributed by atoms with van der Waals surface area (Å²) in [6.07, 6.45) is 5.10. The molecule has 2 aliphatic carbocycles. The van der Waals surface area contributed by atoms with Crippen molar-refractivity contribution in [3.8, 4) is 0 Å². The molecule has 3 rings (SSSR count). The van der Waals surface area contributed by atoms with E-state index in [-0.39, 0.29) is 0 Å². The number of hydrogen-bond donors (Lipinski definition) is 1. The van der Waals surface area contributed by atoms with E-state index in [1.54, 1.807) is 0 Å². The van der Waals surface area contributed by atoms with Gasteiger partial charge in [-0.15, -0.1) is 0 Å². The molecule has 114 valence electrons. The van der Waals surface area contributed by atoms with Crippen molar-refractivity contribution in [1.29, 1.82) is 0 Å². The van der Waals surface area contributed by atoms with Crippen molar-refractivity contribution in [3.63, 3.8) is 0 Å². The van der Waals surface area contributed by atoms with Gasteiger partial charge in [-0.3, -0.25) is 4.79 Å². The number of carboxylic acid groups (broad SMARTS) is 1. The van der Waals surface area contributed by atoms with Gasteiger partial charge in [0, 0.05) is 0 Å². The van der Waals surface area contributed by atoms with Gasteiger partial charge in [-0.1, -0.05) is 38.5 Å².